The minimum absolute atomic E-state index is 0.239. The predicted octanol–water partition coefficient (Wildman–Crippen LogP) is 0.271. The molecule has 3 aromatic rings. The average molecular weight is 284 g/mol. The van der Waals surface area contributed by atoms with E-state index in [0.29, 0.717) is 17.2 Å². The fraction of sp³-hybridized carbons (Fsp3) is 0.167. The van der Waals surface area contributed by atoms with Crippen LogP contribution in [0.25, 0.3) is 5.82 Å². The largest absolute Gasteiger partial charge is 0.342 e. The van der Waals surface area contributed by atoms with Gasteiger partial charge in [0, 0.05) is 6.20 Å². The molecule has 21 heavy (non-hydrogen) atoms. The second-order valence-corrected chi connectivity index (χ2v) is 4.31. The summed E-state index contributed by atoms with van der Waals surface area (Å²) in [4.78, 5) is 24.1. The molecular formula is C12H12N8O. The fourth-order valence-electron chi connectivity index (χ4n) is 1.75. The number of aromatic amines is 1. The van der Waals surface area contributed by atoms with Gasteiger partial charge in [0.25, 0.3) is 5.91 Å². The van der Waals surface area contributed by atoms with Crippen LogP contribution in [-0.2, 0) is 0 Å². The molecule has 0 saturated carbocycles. The number of amides is 1. The third-order valence-electron chi connectivity index (χ3n) is 2.85. The fourth-order valence-corrected chi connectivity index (χ4v) is 1.75. The van der Waals surface area contributed by atoms with Crippen LogP contribution in [0.1, 0.15) is 29.1 Å². The van der Waals surface area contributed by atoms with Gasteiger partial charge in [0.05, 0.1) is 11.6 Å². The third-order valence-corrected chi connectivity index (χ3v) is 2.85. The van der Waals surface area contributed by atoms with Crippen LogP contribution in [0.4, 0.5) is 0 Å². The predicted molar refractivity (Wildman–Crippen MR) is 71.4 cm³/mol. The Balaban J connectivity index is 1.70. The van der Waals surface area contributed by atoms with Crippen LogP contribution in [-0.4, -0.2) is 40.8 Å². The minimum atomic E-state index is -0.269. The van der Waals surface area contributed by atoms with E-state index in [4.69, 9.17) is 0 Å². The van der Waals surface area contributed by atoms with Crippen LogP contribution in [0.5, 0.6) is 0 Å². The molecule has 0 spiro atoms. The third kappa shape index (κ3) is 2.76. The first-order valence-corrected chi connectivity index (χ1v) is 6.21. The topological polar surface area (TPSA) is 114 Å². The summed E-state index contributed by atoms with van der Waals surface area (Å²) < 4.78 is 1.51. The van der Waals surface area contributed by atoms with E-state index < -0.39 is 0 Å². The van der Waals surface area contributed by atoms with Gasteiger partial charge >= 0.3 is 0 Å². The summed E-state index contributed by atoms with van der Waals surface area (Å²) in [5.41, 5.74) is 0.449. The molecule has 3 rings (SSSR count). The molecule has 2 N–H and O–H groups in total. The van der Waals surface area contributed by atoms with Crippen molar-refractivity contribution in [3.63, 3.8) is 0 Å². The number of nitrogens with zero attached hydrogens (tertiary/aromatic N) is 6. The summed E-state index contributed by atoms with van der Waals surface area (Å²) in [7, 11) is 0. The van der Waals surface area contributed by atoms with Crippen molar-refractivity contribution in [3.05, 3.63) is 48.7 Å². The van der Waals surface area contributed by atoms with Gasteiger partial charge < -0.3 is 5.32 Å². The van der Waals surface area contributed by atoms with Crippen LogP contribution in [0.15, 0.2) is 37.3 Å². The standard InChI is InChI=1S/C12H12N8O/c1-8(11-15-6-16-19-11)18-12(21)9-2-3-10(14-4-9)20-7-13-5-17-20/h2-8H,1H3,(H,18,21)(H,15,16,19). The van der Waals surface area contributed by atoms with Gasteiger partial charge in [0.2, 0.25) is 0 Å². The Morgan fingerprint density at radius 1 is 1.33 bits per heavy atom. The summed E-state index contributed by atoms with van der Waals surface area (Å²) in [5.74, 6) is 0.944. The molecule has 9 nitrogen and oxygen atoms in total. The van der Waals surface area contributed by atoms with E-state index in [1.165, 1.54) is 29.9 Å². The van der Waals surface area contributed by atoms with Crippen molar-refractivity contribution in [1.82, 2.24) is 40.2 Å². The van der Waals surface area contributed by atoms with Crippen LogP contribution in [0, 0.1) is 0 Å². The second kappa shape index (κ2) is 5.49. The zero-order valence-corrected chi connectivity index (χ0v) is 11.1. The van der Waals surface area contributed by atoms with Crippen LogP contribution < -0.4 is 5.32 Å². The van der Waals surface area contributed by atoms with Gasteiger partial charge in [-0.05, 0) is 19.1 Å². The van der Waals surface area contributed by atoms with E-state index in [2.05, 4.69) is 35.6 Å². The molecule has 106 valence electrons. The summed E-state index contributed by atoms with van der Waals surface area (Å²) in [6.07, 6.45) is 5.83. The molecule has 0 aliphatic carbocycles. The Hall–Kier alpha value is -3.10. The summed E-state index contributed by atoms with van der Waals surface area (Å²) in [6.45, 7) is 1.82. The van der Waals surface area contributed by atoms with Crippen LogP contribution >= 0.6 is 0 Å². The number of pyridine rings is 1. The summed E-state index contributed by atoms with van der Waals surface area (Å²) in [5, 5.41) is 13.2. The van der Waals surface area contributed by atoms with E-state index in [-0.39, 0.29) is 11.9 Å². The molecule has 0 aromatic carbocycles. The van der Waals surface area contributed by atoms with E-state index in [9.17, 15) is 4.79 Å². The SMILES string of the molecule is CC(NC(=O)c1ccc(-n2cncn2)nc1)c1ncn[nH]1. The number of carbonyl (C=O) groups excluding carboxylic acids is 1. The van der Waals surface area contributed by atoms with Crippen molar-refractivity contribution in [1.29, 1.82) is 0 Å². The van der Waals surface area contributed by atoms with Gasteiger partial charge in [-0.2, -0.15) is 10.2 Å². The summed E-state index contributed by atoms with van der Waals surface area (Å²) >= 11 is 0. The highest BCUT2D eigenvalue weighted by atomic mass is 16.1. The number of H-pyrrole nitrogens is 1. The average Bonchev–Trinajstić information content (AvgIpc) is 3.20. The molecule has 0 fully saturated rings. The second-order valence-electron chi connectivity index (χ2n) is 4.31. The number of nitrogens with one attached hydrogen (secondary N) is 2. The first kappa shape index (κ1) is 12.9. The van der Waals surface area contributed by atoms with E-state index in [1.807, 2.05) is 6.92 Å². The van der Waals surface area contributed by atoms with Crippen molar-refractivity contribution in [3.8, 4) is 5.82 Å². The van der Waals surface area contributed by atoms with Gasteiger partial charge in [0.1, 0.15) is 24.8 Å². The quantitative estimate of drug-likeness (QED) is 0.710. The Morgan fingerprint density at radius 2 is 2.24 bits per heavy atom. The lowest BCUT2D eigenvalue weighted by Gasteiger charge is -2.11. The number of hydrogen-bond donors (Lipinski definition) is 2. The minimum Gasteiger partial charge on any atom is -0.342 e. The van der Waals surface area contributed by atoms with Gasteiger partial charge in [0.15, 0.2) is 5.82 Å². The molecule has 1 amide bonds. The molecule has 1 atom stereocenters. The molecule has 1 unspecified atom stereocenters. The van der Waals surface area contributed by atoms with Crippen molar-refractivity contribution in [2.45, 2.75) is 13.0 Å². The number of hydrogen-bond acceptors (Lipinski definition) is 6. The maximum Gasteiger partial charge on any atom is 0.253 e. The van der Waals surface area contributed by atoms with E-state index >= 15 is 0 Å². The normalized spacial score (nSPS) is 12.0. The Bertz CT molecular complexity index is 704. The van der Waals surface area contributed by atoms with E-state index in [1.54, 1.807) is 12.1 Å². The van der Waals surface area contributed by atoms with Crippen molar-refractivity contribution < 1.29 is 4.79 Å². The molecule has 0 aliphatic rings. The van der Waals surface area contributed by atoms with Crippen molar-refractivity contribution >= 4 is 5.91 Å². The van der Waals surface area contributed by atoms with Crippen molar-refractivity contribution in [2.75, 3.05) is 0 Å². The highest BCUT2D eigenvalue weighted by molar-refractivity contribution is 5.94. The molecule has 0 aliphatic heterocycles. The lowest BCUT2D eigenvalue weighted by Crippen LogP contribution is -2.27. The molecule has 3 aromatic heterocycles. The molecule has 0 saturated heterocycles. The number of carbonyl (C=O) groups is 1. The Kier molecular flexibility index (Phi) is 3.37. The van der Waals surface area contributed by atoms with Crippen molar-refractivity contribution in [2.24, 2.45) is 0 Å². The molecule has 3 heterocycles. The van der Waals surface area contributed by atoms with Crippen LogP contribution in [0.3, 0.4) is 0 Å². The maximum atomic E-state index is 12.1. The monoisotopic (exact) mass is 284 g/mol. The molecular weight excluding hydrogens is 272 g/mol. The highest BCUT2D eigenvalue weighted by Gasteiger charge is 2.13. The molecule has 9 heteroatoms. The first-order valence-electron chi connectivity index (χ1n) is 6.21. The Morgan fingerprint density at radius 3 is 2.86 bits per heavy atom. The smallest absolute Gasteiger partial charge is 0.253 e. The van der Waals surface area contributed by atoms with Gasteiger partial charge in [-0.1, -0.05) is 0 Å². The maximum absolute atomic E-state index is 12.1. The summed E-state index contributed by atoms with van der Waals surface area (Å²) in [6, 6.07) is 3.10. The van der Waals surface area contributed by atoms with E-state index in [0.717, 1.165) is 0 Å². The van der Waals surface area contributed by atoms with Gasteiger partial charge in [-0.3, -0.25) is 9.89 Å². The zero-order valence-electron chi connectivity index (χ0n) is 11.1. The Labute approximate surface area is 119 Å². The molecule has 0 radical (unpaired) electrons. The highest BCUT2D eigenvalue weighted by Crippen LogP contribution is 2.08. The number of rotatable bonds is 4. The lowest BCUT2D eigenvalue weighted by molar-refractivity contribution is 0.0938. The first-order chi connectivity index (χ1) is 10.2. The molecule has 0 bridgehead atoms. The van der Waals surface area contributed by atoms with Crippen LogP contribution in [0.2, 0.25) is 0 Å². The van der Waals surface area contributed by atoms with Gasteiger partial charge in [-0.15, -0.1) is 0 Å². The number of aromatic nitrogens is 7. The van der Waals surface area contributed by atoms with Gasteiger partial charge in [-0.25, -0.2) is 19.6 Å². The zero-order chi connectivity index (χ0) is 14.7. The lowest BCUT2D eigenvalue weighted by atomic mass is 10.2.